The number of rotatable bonds is 5. The molecule has 2 rings (SSSR count). The van der Waals surface area contributed by atoms with Gasteiger partial charge in [0.15, 0.2) is 0 Å². The first-order valence-corrected chi connectivity index (χ1v) is 7.10. The number of aromatic nitrogens is 1. The van der Waals surface area contributed by atoms with Crippen molar-refractivity contribution in [3.63, 3.8) is 0 Å². The third-order valence-corrected chi connectivity index (χ3v) is 3.45. The molecule has 1 amide bonds. The maximum Gasteiger partial charge on any atom is 0.238 e. The van der Waals surface area contributed by atoms with E-state index >= 15 is 0 Å². The molecule has 2 N–H and O–H groups in total. The fraction of sp³-hybridized carbons (Fsp3) is 0.250. The van der Waals surface area contributed by atoms with Gasteiger partial charge in [0, 0.05) is 29.6 Å². The lowest BCUT2D eigenvalue weighted by Gasteiger charge is -2.10. The summed E-state index contributed by atoms with van der Waals surface area (Å²) in [5.41, 5.74) is 3.97. The van der Waals surface area contributed by atoms with Gasteiger partial charge in [0.1, 0.15) is 0 Å². The van der Waals surface area contributed by atoms with Gasteiger partial charge in [0.05, 0.1) is 6.54 Å². The van der Waals surface area contributed by atoms with Gasteiger partial charge < -0.3 is 10.6 Å². The van der Waals surface area contributed by atoms with E-state index in [1.165, 1.54) is 0 Å². The molecule has 1 heterocycles. The summed E-state index contributed by atoms with van der Waals surface area (Å²) < 4.78 is 0. The molecule has 0 saturated heterocycles. The summed E-state index contributed by atoms with van der Waals surface area (Å²) in [6, 6.07) is 7.38. The number of hydrogen-bond donors (Lipinski definition) is 2. The predicted octanol–water partition coefficient (Wildman–Crippen LogP) is 3.08. The van der Waals surface area contributed by atoms with Crippen LogP contribution in [0.5, 0.6) is 0 Å². The second-order valence-electron chi connectivity index (χ2n) is 4.91. The Morgan fingerprint density at radius 1 is 1.24 bits per heavy atom. The Morgan fingerprint density at radius 3 is 2.81 bits per heavy atom. The molecule has 0 aliphatic heterocycles. The molecular formula is C16H18ClN3O. The van der Waals surface area contributed by atoms with Crippen LogP contribution in [0.3, 0.4) is 0 Å². The smallest absolute Gasteiger partial charge is 0.238 e. The third-order valence-electron chi connectivity index (χ3n) is 3.21. The zero-order chi connectivity index (χ0) is 15.2. The van der Waals surface area contributed by atoms with Crippen molar-refractivity contribution in [1.29, 1.82) is 0 Å². The van der Waals surface area contributed by atoms with Gasteiger partial charge in [0.25, 0.3) is 0 Å². The lowest BCUT2D eigenvalue weighted by Crippen LogP contribution is -2.28. The molecule has 0 radical (unpaired) electrons. The van der Waals surface area contributed by atoms with Crippen LogP contribution in [0.2, 0.25) is 5.02 Å². The molecule has 1 aromatic carbocycles. The highest BCUT2D eigenvalue weighted by Crippen LogP contribution is 2.19. The SMILES string of the molecule is Cc1cnccc1CNCC(=O)Nc1cc(Cl)ccc1C. The highest BCUT2D eigenvalue weighted by molar-refractivity contribution is 6.31. The van der Waals surface area contributed by atoms with Gasteiger partial charge in [-0.3, -0.25) is 9.78 Å². The molecule has 0 aliphatic rings. The zero-order valence-electron chi connectivity index (χ0n) is 12.1. The van der Waals surface area contributed by atoms with E-state index in [0.717, 1.165) is 22.4 Å². The number of anilines is 1. The van der Waals surface area contributed by atoms with Crippen LogP contribution in [-0.2, 0) is 11.3 Å². The van der Waals surface area contributed by atoms with E-state index < -0.39 is 0 Å². The lowest BCUT2D eigenvalue weighted by molar-refractivity contribution is -0.115. The zero-order valence-corrected chi connectivity index (χ0v) is 12.9. The van der Waals surface area contributed by atoms with E-state index in [9.17, 15) is 4.79 Å². The minimum absolute atomic E-state index is 0.0907. The Hall–Kier alpha value is -1.91. The van der Waals surface area contributed by atoms with Crippen LogP contribution in [-0.4, -0.2) is 17.4 Å². The molecule has 21 heavy (non-hydrogen) atoms. The number of hydrogen-bond acceptors (Lipinski definition) is 3. The molecule has 0 unspecified atom stereocenters. The average Bonchev–Trinajstić information content (AvgIpc) is 2.45. The van der Waals surface area contributed by atoms with E-state index in [1.54, 1.807) is 18.3 Å². The fourth-order valence-corrected chi connectivity index (χ4v) is 2.11. The summed E-state index contributed by atoms with van der Waals surface area (Å²) in [5, 5.41) is 6.59. The van der Waals surface area contributed by atoms with Crippen molar-refractivity contribution in [3.05, 3.63) is 58.4 Å². The molecule has 0 atom stereocenters. The number of nitrogens with one attached hydrogen (secondary N) is 2. The fourth-order valence-electron chi connectivity index (χ4n) is 1.93. The minimum Gasteiger partial charge on any atom is -0.325 e. The van der Waals surface area contributed by atoms with Crippen molar-refractivity contribution in [2.45, 2.75) is 20.4 Å². The van der Waals surface area contributed by atoms with Gasteiger partial charge >= 0.3 is 0 Å². The van der Waals surface area contributed by atoms with Crippen LogP contribution in [0.25, 0.3) is 0 Å². The molecular weight excluding hydrogens is 286 g/mol. The molecule has 0 spiro atoms. The van der Waals surface area contributed by atoms with Gasteiger partial charge in [-0.2, -0.15) is 0 Å². The maximum absolute atomic E-state index is 11.9. The van der Waals surface area contributed by atoms with E-state index in [0.29, 0.717) is 11.6 Å². The molecule has 4 nitrogen and oxygen atoms in total. The quantitative estimate of drug-likeness (QED) is 0.892. The summed E-state index contributed by atoms with van der Waals surface area (Å²) in [6.07, 6.45) is 3.56. The Morgan fingerprint density at radius 2 is 2.05 bits per heavy atom. The largest absolute Gasteiger partial charge is 0.325 e. The topological polar surface area (TPSA) is 54.0 Å². The number of benzene rings is 1. The Balaban J connectivity index is 1.85. The lowest BCUT2D eigenvalue weighted by atomic mass is 10.1. The molecule has 110 valence electrons. The molecule has 1 aromatic heterocycles. The van der Waals surface area contributed by atoms with Gasteiger partial charge in [-0.1, -0.05) is 17.7 Å². The van der Waals surface area contributed by atoms with Crippen LogP contribution in [0, 0.1) is 13.8 Å². The van der Waals surface area contributed by atoms with Crippen LogP contribution in [0.15, 0.2) is 36.7 Å². The molecule has 0 fully saturated rings. The minimum atomic E-state index is -0.0907. The number of carbonyl (C=O) groups is 1. The first kappa shape index (κ1) is 15.5. The third kappa shape index (κ3) is 4.55. The van der Waals surface area contributed by atoms with Crippen molar-refractivity contribution in [3.8, 4) is 0 Å². The number of amides is 1. The van der Waals surface area contributed by atoms with Crippen LogP contribution in [0.1, 0.15) is 16.7 Å². The van der Waals surface area contributed by atoms with E-state index in [-0.39, 0.29) is 12.5 Å². The van der Waals surface area contributed by atoms with Crippen molar-refractivity contribution in [2.75, 3.05) is 11.9 Å². The van der Waals surface area contributed by atoms with Gasteiger partial charge in [-0.05, 0) is 48.7 Å². The molecule has 0 bridgehead atoms. The standard InChI is InChI=1S/C16H18ClN3O/c1-11-3-4-14(17)7-15(11)20-16(21)10-19-9-13-5-6-18-8-12(13)2/h3-8,19H,9-10H2,1-2H3,(H,20,21). The Kier molecular flexibility index (Phi) is 5.31. The Bertz CT molecular complexity index is 643. The molecule has 0 aliphatic carbocycles. The molecule has 2 aromatic rings. The Labute approximate surface area is 129 Å². The summed E-state index contributed by atoms with van der Waals surface area (Å²) in [5.74, 6) is -0.0907. The number of pyridine rings is 1. The van der Waals surface area contributed by atoms with Crippen LogP contribution < -0.4 is 10.6 Å². The average molecular weight is 304 g/mol. The summed E-state index contributed by atoms with van der Waals surface area (Å²) in [6.45, 7) is 4.81. The van der Waals surface area contributed by atoms with Gasteiger partial charge in [-0.25, -0.2) is 0 Å². The number of aryl methyl sites for hydroxylation is 2. The van der Waals surface area contributed by atoms with Crippen molar-refractivity contribution in [1.82, 2.24) is 10.3 Å². The predicted molar refractivity (Wildman–Crippen MR) is 85.5 cm³/mol. The second-order valence-corrected chi connectivity index (χ2v) is 5.35. The van der Waals surface area contributed by atoms with Crippen molar-refractivity contribution >= 4 is 23.2 Å². The highest BCUT2D eigenvalue weighted by Gasteiger charge is 2.05. The summed E-state index contributed by atoms with van der Waals surface area (Å²) in [4.78, 5) is 16.0. The van der Waals surface area contributed by atoms with Crippen molar-refractivity contribution < 1.29 is 4.79 Å². The first-order valence-electron chi connectivity index (χ1n) is 6.72. The number of nitrogens with zero attached hydrogens (tertiary/aromatic N) is 1. The van der Waals surface area contributed by atoms with Crippen LogP contribution >= 0.6 is 11.6 Å². The summed E-state index contributed by atoms with van der Waals surface area (Å²) >= 11 is 5.93. The van der Waals surface area contributed by atoms with Gasteiger partial charge in [-0.15, -0.1) is 0 Å². The monoisotopic (exact) mass is 303 g/mol. The summed E-state index contributed by atoms with van der Waals surface area (Å²) in [7, 11) is 0. The van der Waals surface area contributed by atoms with Crippen molar-refractivity contribution in [2.24, 2.45) is 0 Å². The highest BCUT2D eigenvalue weighted by atomic mass is 35.5. The number of halogens is 1. The normalized spacial score (nSPS) is 10.4. The first-order chi connectivity index (χ1) is 10.1. The molecule has 0 saturated carbocycles. The van der Waals surface area contributed by atoms with Crippen LogP contribution in [0.4, 0.5) is 5.69 Å². The second kappa shape index (κ2) is 7.20. The van der Waals surface area contributed by atoms with E-state index in [2.05, 4.69) is 15.6 Å². The van der Waals surface area contributed by atoms with E-state index in [1.807, 2.05) is 32.2 Å². The molecule has 5 heteroatoms. The van der Waals surface area contributed by atoms with E-state index in [4.69, 9.17) is 11.6 Å². The maximum atomic E-state index is 11.9. The number of carbonyl (C=O) groups excluding carboxylic acids is 1. The van der Waals surface area contributed by atoms with Gasteiger partial charge in [0.2, 0.25) is 5.91 Å².